The van der Waals surface area contributed by atoms with Gasteiger partial charge in [0.25, 0.3) is 0 Å². The van der Waals surface area contributed by atoms with E-state index in [-0.39, 0.29) is 6.04 Å². The molecule has 4 nitrogen and oxygen atoms in total. The second kappa shape index (κ2) is 6.47. The van der Waals surface area contributed by atoms with E-state index < -0.39 is 0 Å². The molecule has 2 aromatic rings. The second-order valence-corrected chi connectivity index (χ2v) is 6.28. The average molecular weight is 301 g/mol. The van der Waals surface area contributed by atoms with Gasteiger partial charge in [-0.05, 0) is 36.6 Å². The Morgan fingerprint density at radius 3 is 3.05 bits per heavy atom. The van der Waals surface area contributed by atoms with Gasteiger partial charge in [-0.2, -0.15) is 0 Å². The third kappa shape index (κ3) is 3.05. The normalized spacial score (nSPS) is 18.3. The summed E-state index contributed by atoms with van der Waals surface area (Å²) in [6.07, 6.45) is 4.60. The van der Waals surface area contributed by atoms with Gasteiger partial charge in [0.05, 0.1) is 18.8 Å². The number of nitrogens with zero attached hydrogens (tertiary/aromatic N) is 1. The van der Waals surface area contributed by atoms with E-state index >= 15 is 0 Å². The molecule has 0 fully saturated rings. The molecule has 110 valence electrons. The first-order valence-electron chi connectivity index (χ1n) is 7.10. The number of hydrogen-bond donors (Lipinski definition) is 2. The number of nitrogens with two attached hydrogens (primary N) is 1. The minimum Gasteiger partial charge on any atom is -0.492 e. The number of ether oxygens (including phenoxy) is 1. The van der Waals surface area contributed by atoms with Gasteiger partial charge in [-0.25, -0.2) is 0 Å². The van der Waals surface area contributed by atoms with Gasteiger partial charge >= 0.3 is 0 Å². The molecule has 21 heavy (non-hydrogen) atoms. The first-order valence-corrected chi connectivity index (χ1v) is 7.98. The van der Waals surface area contributed by atoms with Gasteiger partial charge in [-0.3, -0.25) is 16.3 Å². The van der Waals surface area contributed by atoms with E-state index in [1.54, 1.807) is 6.20 Å². The summed E-state index contributed by atoms with van der Waals surface area (Å²) in [6, 6.07) is 10.6. The highest BCUT2D eigenvalue weighted by atomic mass is 32.2. The van der Waals surface area contributed by atoms with E-state index in [0.717, 1.165) is 17.7 Å². The third-order valence-corrected chi connectivity index (χ3v) is 5.02. The summed E-state index contributed by atoms with van der Waals surface area (Å²) < 4.78 is 5.53. The van der Waals surface area contributed by atoms with Gasteiger partial charge in [-0.1, -0.05) is 18.2 Å². The van der Waals surface area contributed by atoms with Gasteiger partial charge in [0.1, 0.15) is 5.75 Å². The topological polar surface area (TPSA) is 60.2 Å². The summed E-state index contributed by atoms with van der Waals surface area (Å²) in [5.74, 6) is 6.60. The van der Waals surface area contributed by atoms with Crippen molar-refractivity contribution >= 4 is 11.8 Å². The van der Waals surface area contributed by atoms with Crippen molar-refractivity contribution in [1.82, 2.24) is 10.4 Å². The number of benzene rings is 1. The van der Waals surface area contributed by atoms with E-state index in [2.05, 4.69) is 34.7 Å². The van der Waals surface area contributed by atoms with Crippen molar-refractivity contribution in [2.75, 3.05) is 6.61 Å². The Hall–Kier alpha value is -1.56. The second-order valence-electron chi connectivity index (χ2n) is 5.00. The first kappa shape index (κ1) is 14.4. The van der Waals surface area contributed by atoms with Crippen LogP contribution in [0.4, 0.5) is 0 Å². The van der Waals surface area contributed by atoms with Crippen LogP contribution >= 0.6 is 11.8 Å². The number of thioether (sulfide) groups is 1. The fraction of sp³-hybridized carbons (Fsp3) is 0.312. The molecule has 1 aliphatic heterocycles. The van der Waals surface area contributed by atoms with Crippen LogP contribution in [0.3, 0.4) is 0 Å². The van der Waals surface area contributed by atoms with Gasteiger partial charge < -0.3 is 4.74 Å². The minimum absolute atomic E-state index is 0.0512. The highest BCUT2D eigenvalue weighted by Gasteiger charge is 2.30. The zero-order valence-corrected chi connectivity index (χ0v) is 12.8. The zero-order valence-electron chi connectivity index (χ0n) is 12.0. The number of aromatic nitrogens is 1. The number of fused-ring (bicyclic) bond motifs is 1. The van der Waals surface area contributed by atoms with Crippen LogP contribution in [0.15, 0.2) is 47.6 Å². The van der Waals surface area contributed by atoms with Crippen LogP contribution in [-0.2, 0) is 6.42 Å². The van der Waals surface area contributed by atoms with Crippen molar-refractivity contribution in [2.45, 2.75) is 29.5 Å². The number of hydrazine groups is 1. The summed E-state index contributed by atoms with van der Waals surface area (Å²) >= 11 is 1.87. The van der Waals surface area contributed by atoms with E-state index in [9.17, 15) is 0 Å². The summed E-state index contributed by atoms with van der Waals surface area (Å²) in [5.41, 5.74) is 5.40. The van der Waals surface area contributed by atoms with E-state index in [1.165, 1.54) is 10.5 Å². The number of nitrogens with one attached hydrogen (secondary N) is 1. The Balaban J connectivity index is 1.82. The van der Waals surface area contributed by atoms with Crippen molar-refractivity contribution in [1.29, 1.82) is 0 Å². The molecule has 0 radical (unpaired) electrons. The van der Waals surface area contributed by atoms with Gasteiger partial charge in [-0.15, -0.1) is 11.8 Å². The maximum Gasteiger partial charge on any atom is 0.137 e. The van der Waals surface area contributed by atoms with Crippen LogP contribution in [0, 0.1) is 0 Å². The van der Waals surface area contributed by atoms with Crippen molar-refractivity contribution in [3.05, 3.63) is 53.9 Å². The molecule has 2 heterocycles. The molecule has 1 aliphatic rings. The summed E-state index contributed by atoms with van der Waals surface area (Å²) in [6.45, 7) is 2.60. The molecule has 0 amide bonds. The first-order chi connectivity index (χ1) is 10.3. The Morgan fingerprint density at radius 2 is 2.29 bits per heavy atom. The van der Waals surface area contributed by atoms with Crippen LogP contribution in [0.1, 0.15) is 24.1 Å². The molecule has 1 aromatic heterocycles. The van der Waals surface area contributed by atoms with Crippen molar-refractivity contribution in [3.63, 3.8) is 0 Å². The Kier molecular flexibility index (Phi) is 4.43. The SMILES string of the molecule is CCOc1cncc(C(NN)C2Cc3ccccc3S2)c1. The molecule has 0 bridgehead atoms. The van der Waals surface area contributed by atoms with Gasteiger partial charge in [0.2, 0.25) is 0 Å². The molecule has 0 aliphatic carbocycles. The smallest absolute Gasteiger partial charge is 0.137 e. The van der Waals surface area contributed by atoms with Crippen molar-refractivity contribution in [3.8, 4) is 5.75 Å². The molecule has 5 heteroatoms. The number of pyridine rings is 1. The fourth-order valence-electron chi connectivity index (χ4n) is 2.66. The average Bonchev–Trinajstić information content (AvgIpc) is 2.92. The predicted octanol–water partition coefficient (Wildman–Crippen LogP) is 2.70. The lowest BCUT2D eigenvalue weighted by molar-refractivity contribution is 0.337. The number of rotatable bonds is 5. The summed E-state index contributed by atoms with van der Waals surface area (Å²) in [7, 11) is 0. The third-order valence-electron chi connectivity index (χ3n) is 3.63. The van der Waals surface area contributed by atoms with Crippen LogP contribution in [0.5, 0.6) is 5.75 Å². The lowest BCUT2D eigenvalue weighted by Gasteiger charge is -2.22. The molecule has 0 saturated carbocycles. The minimum atomic E-state index is 0.0512. The quantitative estimate of drug-likeness (QED) is 0.657. The van der Waals surface area contributed by atoms with E-state index in [4.69, 9.17) is 10.6 Å². The standard InChI is InChI=1S/C16H19N3OS/c1-2-20-13-7-12(9-18-10-13)16(19-17)15-8-11-5-3-4-6-14(11)21-15/h3-7,9-10,15-16,19H,2,8,17H2,1H3. The predicted molar refractivity (Wildman–Crippen MR) is 85.3 cm³/mol. The van der Waals surface area contributed by atoms with Crippen LogP contribution in [-0.4, -0.2) is 16.8 Å². The lowest BCUT2D eigenvalue weighted by atomic mass is 10.0. The Labute approximate surface area is 129 Å². The molecule has 0 saturated heterocycles. The monoisotopic (exact) mass is 301 g/mol. The maximum atomic E-state index is 5.81. The van der Waals surface area contributed by atoms with Crippen LogP contribution in [0.25, 0.3) is 0 Å². The lowest BCUT2D eigenvalue weighted by Crippen LogP contribution is -2.35. The highest BCUT2D eigenvalue weighted by molar-refractivity contribution is 8.00. The van der Waals surface area contributed by atoms with Crippen molar-refractivity contribution < 1.29 is 4.74 Å². The van der Waals surface area contributed by atoms with E-state index in [1.807, 2.05) is 30.9 Å². The van der Waals surface area contributed by atoms with E-state index in [0.29, 0.717) is 11.9 Å². The highest BCUT2D eigenvalue weighted by Crippen LogP contribution is 2.42. The van der Waals surface area contributed by atoms with Crippen LogP contribution < -0.4 is 16.0 Å². The largest absolute Gasteiger partial charge is 0.492 e. The summed E-state index contributed by atoms with van der Waals surface area (Å²) in [4.78, 5) is 5.61. The molecular formula is C16H19N3OS. The molecule has 3 rings (SSSR count). The fourth-order valence-corrected chi connectivity index (χ4v) is 4.09. The van der Waals surface area contributed by atoms with Gasteiger partial charge in [0.15, 0.2) is 0 Å². The molecule has 2 unspecified atom stereocenters. The number of hydrogen-bond acceptors (Lipinski definition) is 5. The van der Waals surface area contributed by atoms with Gasteiger partial charge in [0, 0.05) is 16.3 Å². The maximum absolute atomic E-state index is 5.81. The molecular weight excluding hydrogens is 282 g/mol. The molecule has 0 spiro atoms. The molecule has 3 N–H and O–H groups in total. The summed E-state index contributed by atoms with van der Waals surface area (Å²) in [5, 5.41) is 0.367. The van der Waals surface area contributed by atoms with Crippen molar-refractivity contribution in [2.24, 2.45) is 5.84 Å². The van der Waals surface area contributed by atoms with Crippen LogP contribution in [0.2, 0.25) is 0 Å². The zero-order chi connectivity index (χ0) is 14.7. The Bertz CT molecular complexity index is 595. The Morgan fingerprint density at radius 1 is 1.43 bits per heavy atom. The molecule has 1 aromatic carbocycles. The molecule has 2 atom stereocenters.